The molecule has 130 valence electrons. The summed E-state index contributed by atoms with van der Waals surface area (Å²) < 4.78 is 96.6. The van der Waals surface area contributed by atoms with Gasteiger partial charge in [-0.3, -0.25) is 4.72 Å². The van der Waals surface area contributed by atoms with E-state index in [1.54, 1.807) is 4.72 Å². The molecule has 0 atom stereocenters. The van der Waals surface area contributed by atoms with Gasteiger partial charge in [0.1, 0.15) is 0 Å². The number of halogens is 5. The first-order valence-electron chi connectivity index (χ1n) is 6.01. The number of phenols is 1. The van der Waals surface area contributed by atoms with Crippen LogP contribution in [0.1, 0.15) is 0 Å². The first kappa shape index (κ1) is 21.5. The summed E-state index contributed by atoms with van der Waals surface area (Å²) in [6.45, 7) is 0. The Morgan fingerprint density at radius 1 is 0.960 bits per heavy atom. The van der Waals surface area contributed by atoms with E-state index in [4.69, 9.17) is 4.74 Å². The summed E-state index contributed by atoms with van der Waals surface area (Å²) >= 11 is 0. The fourth-order valence-electron chi connectivity index (χ4n) is 1.78. The Bertz CT molecular complexity index is 894. The van der Waals surface area contributed by atoms with Crippen LogP contribution in [0.4, 0.5) is 27.6 Å². The van der Waals surface area contributed by atoms with E-state index in [0.717, 1.165) is 18.2 Å². The quantitative estimate of drug-likeness (QED) is 0.330. The van der Waals surface area contributed by atoms with Crippen molar-refractivity contribution >= 4 is 15.7 Å². The number of hydrogen-bond acceptors (Lipinski definition) is 4. The molecule has 0 saturated heterocycles. The third-order valence-corrected chi connectivity index (χ3v) is 4.27. The van der Waals surface area contributed by atoms with E-state index in [9.17, 15) is 35.5 Å². The van der Waals surface area contributed by atoms with Crippen LogP contribution in [0.25, 0.3) is 0 Å². The number of methoxy groups -OCH3 is 1. The molecule has 2 aromatic carbocycles. The van der Waals surface area contributed by atoms with Gasteiger partial charge in [-0.2, -0.15) is 0 Å². The maximum Gasteiger partial charge on any atom is 1.00 e. The van der Waals surface area contributed by atoms with Crippen LogP contribution < -0.4 is 39.0 Å². The molecule has 12 heteroatoms. The van der Waals surface area contributed by atoms with E-state index >= 15 is 0 Å². The first-order valence-corrected chi connectivity index (χ1v) is 7.49. The minimum Gasteiger partial charge on any atom is -0.504 e. The number of aromatic hydroxyl groups is 1. The molecule has 0 bridgehead atoms. The molecule has 0 aliphatic rings. The molecule has 0 amide bonds. The first-order chi connectivity index (χ1) is 11.1. The van der Waals surface area contributed by atoms with Crippen LogP contribution in [0.3, 0.4) is 0 Å². The van der Waals surface area contributed by atoms with Crippen molar-refractivity contribution in [2.75, 3.05) is 11.8 Å². The summed E-state index contributed by atoms with van der Waals surface area (Å²) in [4.78, 5) is -2.03. The number of hydrogen-bond donors (Lipinski definition) is 2. The third-order valence-electron chi connectivity index (χ3n) is 2.87. The molecule has 2 N–H and O–H groups in total. The van der Waals surface area contributed by atoms with Crippen LogP contribution in [0, 0.1) is 29.1 Å². The molecule has 2 aromatic rings. The zero-order chi connectivity index (χ0) is 18.2. The Balaban J connectivity index is 0.00000312. The van der Waals surface area contributed by atoms with E-state index in [1.807, 2.05) is 0 Å². The van der Waals surface area contributed by atoms with Gasteiger partial charge in [0.25, 0.3) is 10.0 Å². The van der Waals surface area contributed by atoms with Crippen molar-refractivity contribution in [3.8, 4) is 11.5 Å². The molecule has 0 radical (unpaired) electrons. The molecule has 2 rings (SSSR count). The molecule has 0 spiro atoms. The van der Waals surface area contributed by atoms with E-state index in [-0.39, 0.29) is 35.3 Å². The van der Waals surface area contributed by atoms with Gasteiger partial charge in [-0.25, -0.2) is 30.4 Å². The van der Waals surface area contributed by atoms with E-state index in [2.05, 4.69) is 0 Å². The molecular formula is C13H8F5NNaO4S+. The van der Waals surface area contributed by atoms with Gasteiger partial charge in [0.05, 0.1) is 12.8 Å². The summed E-state index contributed by atoms with van der Waals surface area (Å²) in [5, 5.41) is 9.51. The minimum atomic E-state index is -5.17. The van der Waals surface area contributed by atoms with Gasteiger partial charge in [-0.1, -0.05) is 0 Å². The summed E-state index contributed by atoms with van der Waals surface area (Å²) in [7, 11) is -3.96. The van der Waals surface area contributed by atoms with Crippen LogP contribution in [-0.4, -0.2) is 20.6 Å². The topological polar surface area (TPSA) is 75.6 Å². The summed E-state index contributed by atoms with van der Waals surface area (Å²) in [6, 6.07) is 2.98. The van der Waals surface area contributed by atoms with Crippen molar-refractivity contribution < 1.29 is 69.8 Å². The van der Waals surface area contributed by atoms with Crippen LogP contribution in [-0.2, 0) is 10.0 Å². The van der Waals surface area contributed by atoms with Gasteiger partial charge < -0.3 is 9.84 Å². The normalized spacial score (nSPS) is 11.0. The van der Waals surface area contributed by atoms with Crippen LogP contribution >= 0.6 is 0 Å². The Labute approximate surface area is 160 Å². The number of ether oxygens (including phenoxy) is 1. The number of anilines is 1. The molecule has 0 aliphatic heterocycles. The molecule has 25 heavy (non-hydrogen) atoms. The molecule has 0 saturated carbocycles. The monoisotopic (exact) mass is 392 g/mol. The fourth-order valence-corrected chi connectivity index (χ4v) is 2.97. The molecule has 0 unspecified atom stereocenters. The maximum atomic E-state index is 13.6. The van der Waals surface area contributed by atoms with Gasteiger partial charge in [-0.15, -0.1) is 0 Å². The minimum absolute atomic E-state index is 0. The number of rotatable bonds is 4. The van der Waals surface area contributed by atoms with Gasteiger partial charge in [-0.05, 0) is 12.1 Å². The van der Waals surface area contributed by atoms with Crippen molar-refractivity contribution in [3.05, 3.63) is 47.3 Å². The Hall–Kier alpha value is -1.56. The van der Waals surface area contributed by atoms with Crippen molar-refractivity contribution in [3.63, 3.8) is 0 Å². The summed E-state index contributed by atoms with van der Waals surface area (Å²) in [6.07, 6.45) is 0. The summed E-state index contributed by atoms with van der Waals surface area (Å²) in [5.41, 5.74) is -0.391. The maximum absolute atomic E-state index is 13.6. The van der Waals surface area contributed by atoms with Gasteiger partial charge in [0.15, 0.2) is 39.7 Å². The molecular weight excluding hydrogens is 384 g/mol. The number of nitrogens with one attached hydrogen (secondary N) is 1. The van der Waals surface area contributed by atoms with Crippen LogP contribution in [0.2, 0.25) is 0 Å². The molecule has 0 aromatic heterocycles. The Morgan fingerprint density at radius 2 is 1.44 bits per heavy atom. The summed E-state index contributed by atoms with van der Waals surface area (Å²) in [5.74, 6) is -12.8. The van der Waals surface area contributed by atoms with Crippen LogP contribution in [0.5, 0.6) is 11.5 Å². The molecule has 5 nitrogen and oxygen atoms in total. The third kappa shape index (κ3) is 4.00. The number of sulfonamides is 1. The van der Waals surface area contributed by atoms with Crippen molar-refractivity contribution in [2.24, 2.45) is 0 Å². The molecule has 0 heterocycles. The SMILES string of the molecule is COc1ccc(NS(=O)(=O)c2c(F)c(F)c(F)c(F)c2F)cc1O.[Na+]. The largest absolute Gasteiger partial charge is 1.00 e. The second kappa shape index (κ2) is 7.77. The standard InChI is InChI=1S/C13H8F5NO4S.Na/c1-23-7-3-2-5(4-6(7)20)19-24(21,22)13-11(17)9(15)8(14)10(16)12(13)18;/h2-4,19-20H,1H3;/q;+1. The zero-order valence-electron chi connectivity index (χ0n) is 12.7. The number of benzene rings is 2. The zero-order valence-corrected chi connectivity index (χ0v) is 15.5. The average Bonchev–Trinajstić information content (AvgIpc) is 2.50. The number of phenolic OH excluding ortho intramolecular Hbond substituents is 1. The molecule has 0 aliphatic carbocycles. The van der Waals surface area contributed by atoms with Crippen molar-refractivity contribution in [1.82, 2.24) is 0 Å². The second-order valence-electron chi connectivity index (χ2n) is 4.39. The predicted molar refractivity (Wildman–Crippen MR) is 71.7 cm³/mol. The second-order valence-corrected chi connectivity index (χ2v) is 6.01. The Kier molecular flexibility index (Phi) is 6.68. The van der Waals surface area contributed by atoms with Gasteiger partial charge in [0, 0.05) is 6.07 Å². The van der Waals surface area contributed by atoms with Crippen molar-refractivity contribution in [1.29, 1.82) is 0 Å². The fraction of sp³-hybridized carbons (Fsp3) is 0.0769. The van der Waals surface area contributed by atoms with Crippen molar-refractivity contribution in [2.45, 2.75) is 4.90 Å². The van der Waals surface area contributed by atoms with E-state index in [0.29, 0.717) is 0 Å². The average molecular weight is 392 g/mol. The van der Waals surface area contributed by atoms with Crippen LogP contribution in [0.15, 0.2) is 23.1 Å². The predicted octanol–water partition coefficient (Wildman–Crippen LogP) is -0.0989. The van der Waals surface area contributed by atoms with Gasteiger partial charge in [0.2, 0.25) is 5.82 Å². The van der Waals surface area contributed by atoms with Gasteiger partial charge >= 0.3 is 29.6 Å². The Morgan fingerprint density at radius 3 is 1.88 bits per heavy atom. The smallest absolute Gasteiger partial charge is 0.504 e. The van der Waals surface area contributed by atoms with E-state index in [1.165, 1.54) is 7.11 Å². The molecule has 0 fully saturated rings. The van der Waals surface area contributed by atoms with E-state index < -0.39 is 55.4 Å².